The van der Waals surface area contributed by atoms with Gasteiger partial charge in [-0.3, -0.25) is 0 Å². The highest BCUT2D eigenvalue weighted by Gasteiger charge is 2.21. The lowest BCUT2D eigenvalue weighted by molar-refractivity contribution is 0.455. The lowest BCUT2D eigenvalue weighted by Gasteiger charge is -2.22. The molecule has 0 amide bonds. The average Bonchev–Trinajstić information content (AvgIpc) is 2.67. The highest BCUT2D eigenvalue weighted by Crippen LogP contribution is 2.32. The molecule has 0 aliphatic carbocycles. The van der Waals surface area contributed by atoms with Gasteiger partial charge < -0.3 is 10.3 Å². The summed E-state index contributed by atoms with van der Waals surface area (Å²) in [5, 5.41) is 3.87. The highest BCUT2D eigenvalue weighted by atomic mass is 19.1. The third-order valence-electron chi connectivity index (χ3n) is 3.81. The number of halogens is 2. The number of nitrogens with one attached hydrogen (secondary N) is 2. The topological polar surface area (TPSA) is 27.8 Å². The molecule has 0 spiro atoms. The van der Waals surface area contributed by atoms with E-state index in [0.29, 0.717) is 16.8 Å². The molecule has 2 aromatic rings. The van der Waals surface area contributed by atoms with E-state index in [4.69, 9.17) is 0 Å². The number of aryl methyl sites for hydroxylation is 1. The van der Waals surface area contributed by atoms with Crippen molar-refractivity contribution in [1.29, 1.82) is 0 Å². The zero-order valence-electron chi connectivity index (χ0n) is 10.3. The Kier molecular flexibility index (Phi) is 2.82. The van der Waals surface area contributed by atoms with Gasteiger partial charge in [0.1, 0.15) is 11.6 Å². The van der Waals surface area contributed by atoms with Gasteiger partial charge in [0.25, 0.3) is 0 Å². The smallest absolute Gasteiger partial charge is 0.135 e. The molecule has 96 valence electrons. The average molecular weight is 250 g/mol. The SMILES string of the molecule is Cc1c(C2CCCNC2)[nH]c2cc(F)cc(F)c12. The number of H-pyrrole nitrogens is 1. The van der Waals surface area contributed by atoms with Crippen molar-refractivity contribution < 1.29 is 8.78 Å². The van der Waals surface area contributed by atoms with Crippen LogP contribution in [-0.4, -0.2) is 18.1 Å². The first-order chi connectivity index (χ1) is 8.66. The lowest BCUT2D eigenvalue weighted by Crippen LogP contribution is -2.28. The van der Waals surface area contributed by atoms with Crippen LogP contribution in [0.15, 0.2) is 12.1 Å². The van der Waals surface area contributed by atoms with Crippen molar-refractivity contribution in [2.24, 2.45) is 0 Å². The number of hydrogen-bond acceptors (Lipinski definition) is 1. The Morgan fingerprint density at radius 3 is 2.83 bits per heavy atom. The zero-order valence-corrected chi connectivity index (χ0v) is 10.3. The van der Waals surface area contributed by atoms with E-state index in [-0.39, 0.29) is 0 Å². The monoisotopic (exact) mass is 250 g/mol. The van der Waals surface area contributed by atoms with Gasteiger partial charge in [0.05, 0.1) is 5.52 Å². The van der Waals surface area contributed by atoms with Crippen molar-refractivity contribution in [2.45, 2.75) is 25.7 Å². The number of benzene rings is 1. The molecule has 1 aromatic carbocycles. The molecule has 18 heavy (non-hydrogen) atoms. The van der Waals surface area contributed by atoms with Crippen molar-refractivity contribution in [3.05, 3.63) is 35.0 Å². The molecule has 2 nitrogen and oxygen atoms in total. The normalized spacial score (nSPS) is 20.5. The largest absolute Gasteiger partial charge is 0.358 e. The summed E-state index contributed by atoms with van der Waals surface area (Å²) in [7, 11) is 0. The first kappa shape index (κ1) is 11.7. The maximum atomic E-state index is 13.8. The molecular weight excluding hydrogens is 234 g/mol. The van der Waals surface area contributed by atoms with E-state index < -0.39 is 11.6 Å². The first-order valence-electron chi connectivity index (χ1n) is 6.34. The first-order valence-corrected chi connectivity index (χ1v) is 6.34. The van der Waals surface area contributed by atoms with E-state index in [1.165, 1.54) is 6.07 Å². The van der Waals surface area contributed by atoms with Crippen molar-refractivity contribution in [3.63, 3.8) is 0 Å². The van der Waals surface area contributed by atoms with Gasteiger partial charge in [0.2, 0.25) is 0 Å². The second kappa shape index (κ2) is 4.35. The van der Waals surface area contributed by atoms with Gasteiger partial charge in [-0.05, 0) is 37.9 Å². The van der Waals surface area contributed by atoms with Gasteiger partial charge in [-0.2, -0.15) is 0 Å². The number of aromatic nitrogens is 1. The molecule has 2 heterocycles. The summed E-state index contributed by atoms with van der Waals surface area (Å²) >= 11 is 0. The molecule has 1 fully saturated rings. The van der Waals surface area contributed by atoms with Gasteiger partial charge in [0, 0.05) is 29.6 Å². The van der Waals surface area contributed by atoms with E-state index in [9.17, 15) is 8.78 Å². The summed E-state index contributed by atoms with van der Waals surface area (Å²) in [4.78, 5) is 3.20. The lowest BCUT2D eigenvalue weighted by atomic mass is 9.93. The van der Waals surface area contributed by atoms with E-state index in [2.05, 4.69) is 10.3 Å². The predicted molar refractivity (Wildman–Crippen MR) is 67.8 cm³/mol. The Labute approximate surface area is 104 Å². The predicted octanol–water partition coefficient (Wildman–Crippen LogP) is 3.22. The molecule has 1 aliphatic heterocycles. The molecule has 3 rings (SSSR count). The van der Waals surface area contributed by atoms with Gasteiger partial charge in [0.15, 0.2) is 0 Å². The molecular formula is C14H16F2N2. The van der Waals surface area contributed by atoms with E-state index in [0.717, 1.165) is 43.3 Å². The van der Waals surface area contributed by atoms with Crippen LogP contribution in [0.25, 0.3) is 10.9 Å². The fourth-order valence-electron chi connectivity index (χ4n) is 2.93. The van der Waals surface area contributed by atoms with Gasteiger partial charge in [-0.15, -0.1) is 0 Å². The quantitative estimate of drug-likeness (QED) is 0.799. The summed E-state index contributed by atoms with van der Waals surface area (Å²) in [5.41, 5.74) is 2.52. The third-order valence-corrected chi connectivity index (χ3v) is 3.81. The van der Waals surface area contributed by atoms with E-state index >= 15 is 0 Å². The van der Waals surface area contributed by atoms with Gasteiger partial charge >= 0.3 is 0 Å². The summed E-state index contributed by atoms with van der Waals surface area (Å²) < 4.78 is 27.0. The number of rotatable bonds is 1. The summed E-state index contributed by atoms with van der Waals surface area (Å²) in [5.74, 6) is -0.642. The fourth-order valence-corrected chi connectivity index (χ4v) is 2.93. The maximum Gasteiger partial charge on any atom is 0.135 e. The molecule has 1 unspecified atom stereocenters. The van der Waals surface area contributed by atoms with Crippen LogP contribution in [0.2, 0.25) is 0 Å². The Morgan fingerprint density at radius 2 is 2.11 bits per heavy atom. The summed E-state index contributed by atoms with van der Waals surface area (Å²) in [6, 6.07) is 2.32. The molecule has 4 heteroatoms. The van der Waals surface area contributed by atoms with Gasteiger partial charge in [-0.1, -0.05) is 0 Å². The Hall–Kier alpha value is -1.42. The number of piperidine rings is 1. The van der Waals surface area contributed by atoms with Crippen LogP contribution in [-0.2, 0) is 0 Å². The minimum atomic E-state index is -0.533. The zero-order chi connectivity index (χ0) is 12.7. The molecule has 2 N–H and O–H groups in total. The second-order valence-corrected chi connectivity index (χ2v) is 5.02. The molecule has 0 saturated carbocycles. The van der Waals surface area contributed by atoms with E-state index in [1.807, 2.05) is 6.92 Å². The molecule has 0 radical (unpaired) electrons. The van der Waals surface area contributed by atoms with Crippen LogP contribution in [0, 0.1) is 18.6 Å². The van der Waals surface area contributed by atoms with Crippen LogP contribution < -0.4 is 5.32 Å². The molecule has 1 saturated heterocycles. The Bertz CT molecular complexity index is 583. The standard InChI is InChI=1S/C14H16F2N2/c1-8-13-11(16)5-10(15)6-12(13)18-14(8)9-3-2-4-17-7-9/h5-6,9,17-18H,2-4,7H2,1H3. The van der Waals surface area contributed by atoms with Crippen LogP contribution in [0.3, 0.4) is 0 Å². The molecule has 0 bridgehead atoms. The molecule has 1 aromatic heterocycles. The van der Waals surface area contributed by atoms with Crippen LogP contribution >= 0.6 is 0 Å². The number of hydrogen-bond donors (Lipinski definition) is 2. The van der Waals surface area contributed by atoms with Crippen LogP contribution in [0.4, 0.5) is 8.78 Å². The van der Waals surface area contributed by atoms with Crippen molar-refractivity contribution >= 4 is 10.9 Å². The van der Waals surface area contributed by atoms with Crippen molar-refractivity contribution in [2.75, 3.05) is 13.1 Å². The maximum absolute atomic E-state index is 13.8. The van der Waals surface area contributed by atoms with Crippen molar-refractivity contribution in [1.82, 2.24) is 10.3 Å². The minimum Gasteiger partial charge on any atom is -0.358 e. The minimum absolute atomic E-state index is 0.369. The number of fused-ring (bicyclic) bond motifs is 1. The fraction of sp³-hybridized carbons (Fsp3) is 0.429. The highest BCUT2D eigenvalue weighted by molar-refractivity contribution is 5.85. The number of aromatic amines is 1. The Balaban J connectivity index is 2.13. The van der Waals surface area contributed by atoms with Crippen molar-refractivity contribution in [3.8, 4) is 0 Å². The Morgan fingerprint density at radius 1 is 1.28 bits per heavy atom. The molecule has 1 aliphatic rings. The van der Waals surface area contributed by atoms with Gasteiger partial charge in [-0.25, -0.2) is 8.78 Å². The second-order valence-electron chi connectivity index (χ2n) is 5.02. The van der Waals surface area contributed by atoms with Crippen LogP contribution in [0.5, 0.6) is 0 Å². The molecule has 1 atom stereocenters. The van der Waals surface area contributed by atoms with E-state index in [1.54, 1.807) is 0 Å². The summed E-state index contributed by atoms with van der Waals surface area (Å²) in [6.07, 6.45) is 2.21. The third kappa shape index (κ3) is 1.81. The summed E-state index contributed by atoms with van der Waals surface area (Å²) in [6.45, 7) is 3.85. The van der Waals surface area contributed by atoms with Crippen LogP contribution in [0.1, 0.15) is 30.0 Å².